The predicted octanol–water partition coefficient (Wildman–Crippen LogP) is 3.93. The number of hydrogen-bond acceptors (Lipinski definition) is 5. The Balaban J connectivity index is 2.04. The minimum atomic E-state index is -1.00. The summed E-state index contributed by atoms with van der Waals surface area (Å²) in [5, 5.41) is 13.7. The molecule has 6 heteroatoms. The third kappa shape index (κ3) is 4.50. The lowest BCUT2D eigenvalue weighted by Gasteiger charge is -2.27. The van der Waals surface area contributed by atoms with Crippen LogP contribution in [0, 0.1) is 24.2 Å². The predicted molar refractivity (Wildman–Crippen MR) is 102 cm³/mol. The molecule has 1 atom stereocenters. The molecule has 1 heterocycles. The summed E-state index contributed by atoms with van der Waals surface area (Å²) in [5.41, 5.74) is 1.84. The number of benzene rings is 1. The van der Waals surface area contributed by atoms with Gasteiger partial charge in [0.05, 0.1) is 6.07 Å². The number of hydrogen-bond donors (Lipinski definition) is 1. The number of thiophene rings is 1. The largest absolute Gasteiger partial charge is 0.451 e. The molecule has 0 bridgehead atoms. The van der Waals surface area contributed by atoms with Gasteiger partial charge in [-0.2, -0.15) is 5.26 Å². The number of nitriles is 1. The molecule has 1 amide bonds. The highest BCUT2D eigenvalue weighted by Gasteiger charge is 2.30. The molecule has 0 spiro atoms. The second-order valence-corrected chi connectivity index (χ2v) is 7.54. The molecule has 0 aliphatic carbocycles. The smallest absolute Gasteiger partial charge is 0.349 e. The maximum Gasteiger partial charge on any atom is 0.349 e. The van der Waals surface area contributed by atoms with Crippen LogP contribution in [0.1, 0.15) is 36.0 Å². The Labute approximate surface area is 157 Å². The van der Waals surface area contributed by atoms with Crippen molar-refractivity contribution in [3.05, 3.63) is 46.2 Å². The molecular weight excluding hydrogens is 348 g/mol. The van der Waals surface area contributed by atoms with Gasteiger partial charge < -0.3 is 10.1 Å². The van der Waals surface area contributed by atoms with Crippen molar-refractivity contribution < 1.29 is 14.3 Å². The summed E-state index contributed by atoms with van der Waals surface area (Å²) in [6, 6.07) is 11.8. The van der Waals surface area contributed by atoms with Crippen molar-refractivity contribution in [2.75, 3.05) is 6.61 Å². The zero-order valence-electron chi connectivity index (χ0n) is 15.3. The van der Waals surface area contributed by atoms with Gasteiger partial charge in [0.2, 0.25) is 0 Å². The van der Waals surface area contributed by atoms with Crippen molar-refractivity contribution >= 4 is 23.2 Å². The molecule has 1 N–H and O–H groups in total. The van der Waals surface area contributed by atoms with Gasteiger partial charge in [0, 0.05) is 5.56 Å². The van der Waals surface area contributed by atoms with E-state index in [1.807, 2.05) is 56.5 Å². The molecule has 1 unspecified atom stereocenters. The summed E-state index contributed by atoms with van der Waals surface area (Å²) in [7, 11) is 0. The maximum absolute atomic E-state index is 12.4. The van der Waals surface area contributed by atoms with E-state index in [0.717, 1.165) is 16.7 Å². The van der Waals surface area contributed by atoms with E-state index >= 15 is 0 Å². The van der Waals surface area contributed by atoms with Gasteiger partial charge in [0.25, 0.3) is 5.91 Å². The van der Waals surface area contributed by atoms with E-state index in [-0.39, 0.29) is 5.92 Å². The summed E-state index contributed by atoms with van der Waals surface area (Å²) in [4.78, 5) is 24.9. The number of amides is 1. The quantitative estimate of drug-likeness (QED) is 0.781. The van der Waals surface area contributed by atoms with Gasteiger partial charge in [-0.15, -0.1) is 11.3 Å². The van der Waals surface area contributed by atoms with Gasteiger partial charge in [-0.05, 0) is 36.8 Å². The molecule has 2 aromatic rings. The van der Waals surface area contributed by atoms with Gasteiger partial charge in [-0.25, -0.2) is 4.79 Å². The number of nitrogens with zero attached hydrogens (tertiary/aromatic N) is 1. The first-order valence-electron chi connectivity index (χ1n) is 8.30. The Bertz CT molecular complexity index is 833. The van der Waals surface area contributed by atoms with Gasteiger partial charge in [0.1, 0.15) is 10.4 Å². The average Bonchev–Trinajstić information content (AvgIpc) is 3.09. The molecule has 1 aromatic heterocycles. The highest BCUT2D eigenvalue weighted by molar-refractivity contribution is 7.12. The molecule has 0 saturated carbocycles. The molecule has 0 saturated heterocycles. The SMILES string of the molecule is Cc1ccc(-c2ccsc2C(=O)OCC(=O)NC(C)(C#N)C(C)C)cc1. The standard InChI is InChI=1S/C20H22N2O3S/c1-13(2)20(4,12-21)22-17(23)11-25-19(24)18-16(9-10-26-18)15-7-5-14(3)6-8-15/h5-10,13H,11H2,1-4H3,(H,22,23). The lowest BCUT2D eigenvalue weighted by molar-refractivity contribution is -0.125. The monoisotopic (exact) mass is 370 g/mol. The summed E-state index contributed by atoms with van der Waals surface area (Å²) in [6.45, 7) is 6.90. The van der Waals surface area contributed by atoms with Crippen molar-refractivity contribution in [3.63, 3.8) is 0 Å². The summed E-state index contributed by atoms with van der Waals surface area (Å²) in [6.07, 6.45) is 0. The Morgan fingerprint density at radius 2 is 1.92 bits per heavy atom. The van der Waals surface area contributed by atoms with Crippen LogP contribution in [0.2, 0.25) is 0 Å². The zero-order chi connectivity index (χ0) is 19.3. The molecule has 2 rings (SSSR count). The fraction of sp³-hybridized carbons (Fsp3) is 0.350. The van der Waals surface area contributed by atoms with Crippen LogP contribution < -0.4 is 5.32 Å². The van der Waals surface area contributed by atoms with E-state index in [1.165, 1.54) is 11.3 Å². The van der Waals surface area contributed by atoms with Gasteiger partial charge in [-0.3, -0.25) is 4.79 Å². The molecule has 1 aromatic carbocycles. The summed E-state index contributed by atoms with van der Waals surface area (Å²) >= 11 is 1.27. The van der Waals surface area contributed by atoms with E-state index in [9.17, 15) is 14.9 Å². The highest BCUT2D eigenvalue weighted by atomic mass is 32.1. The molecule has 5 nitrogen and oxygen atoms in total. The number of ether oxygens (including phenoxy) is 1. The first kappa shape index (κ1) is 19.7. The minimum absolute atomic E-state index is 0.0717. The van der Waals surface area contributed by atoms with E-state index in [1.54, 1.807) is 6.92 Å². The van der Waals surface area contributed by atoms with Crippen LogP contribution in [0.15, 0.2) is 35.7 Å². The Hall–Kier alpha value is -2.65. The minimum Gasteiger partial charge on any atom is -0.451 e. The van der Waals surface area contributed by atoms with E-state index < -0.39 is 24.0 Å². The van der Waals surface area contributed by atoms with Crippen LogP contribution >= 0.6 is 11.3 Å². The Morgan fingerprint density at radius 3 is 2.50 bits per heavy atom. The molecule has 26 heavy (non-hydrogen) atoms. The fourth-order valence-electron chi connectivity index (χ4n) is 2.25. The third-order valence-corrected chi connectivity index (χ3v) is 5.23. The second-order valence-electron chi connectivity index (χ2n) is 6.62. The number of rotatable bonds is 6. The van der Waals surface area contributed by atoms with E-state index in [2.05, 4.69) is 11.4 Å². The topological polar surface area (TPSA) is 79.2 Å². The molecule has 0 fully saturated rings. The molecule has 136 valence electrons. The average molecular weight is 370 g/mol. The lowest BCUT2D eigenvalue weighted by Crippen LogP contribution is -2.50. The van der Waals surface area contributed by atoms with Crippen LogP contribution in [0.3, 0.4) is 0 Å². The van der Waals surface area contributed by atoms with E-state index in [0.29, 0.717) is 4.88 Å². The molecule has 0 aliphatic heterocycles. The maximum atomic E-state index is 12.4. The van der Waals surface area contributed by atoms with Crippen LogP contribution in [-0.2, 0) is 9.53 Å². The first-order chi connectivity index (χ1) is 12.3. The number of aryl methyl sites for hydroxylation is 1. The van der Waals surface area contributed by atoms with Crippen molar-refractivity contribution in [2.45, 2.75) is 33.2 Å². The fourth-order valence-corrected chi connectivity index (χ4v) is 3.06. The molecular formula is C20H22N2O3S. The normalized spacial score (nSPS) is 12.9. The van der Waals surface area contributed by atoms with Gasteiger partial charge in [-0.1, -0.05) is 43.7 Å². The van der Waals surface area contributed by atoms with Crippen LogP contribution in [0.5, 0.6) is 0 Å². The van der Waals surface area contributed by atoms with Crippen LogP contribution in [0.25, 0.3) is 11.1 Å². The van der Waals surface area contributed by atoms with Gasteiger partial charge in [0.15, 0.2) is 6.61 Å². The van der Waals surface area contributed by atoms with Gasteiger partial charge >= 0.3 is 5.97 Å². The first-order valence-corrected chi connectivity index (χ1v) is 9.18. The van der Waals surface area contributed by atoms with Crippen LogP contribution in [-0.4, -0.2) is 24.0 Å². The Morgan fingerprint density at radius 1 is 1.27 bits per heavy atom. The number of esters is 1. The second kappa shape index (κ2) is 8.15. The van der Waals surface area contributed by atoms with Crippen molar-refractivity contribution in [3.8, 4) is 17.2 Å². The molecule has 0 aliphatic rings. The molecule has 0 radical (unpaired) electrons. The van der Waals surface area contributed by atoms with Crippen molar-refractivity contribution in [1.29, 1.82) is 5.26 Å². The number of nitrogens with one attached hydrogen (secondary N) is 1. The van der Waals surface area contributed by atoms with Crippen molar-refractivity contribution in [1.82, 2.24) is 5.32 Å². The lowest BCUT2D eigenvalue weighted by atomic mass is 9.90. The zero-order valence-corrected chi connectivity index (χ0v) is 16.1. The highest BCUT2D eigenvalue weighted by Crippen LogP contribution is 2.29. The number of carbonyl (C=O) groups excluding carboxylic acids is 2. The summed E-state index contributed by atoms with van der Waals surface area (Å²) in [5.74, 6) is -1.11. The number of carbonyl (C=O) groups is 2. The van der Waals surface area contributed by atoms with E-state index in [4.69, 9.17) is 4.74 Å². The van der Waals surface area contributed by atoms with Crippen molar-refractivity contribution in [2.24, 2.45) is 5.92 Å². The van der Waals surface area contributed by atoms with Crippen LogP contribution in [0.4, 0.5) is 0 Å². The third-order valence-electron chi connectivity index (χ3n) is 4.33. The summed E-state index contributed by atoms with van der Waals surface area (Å²) < 4.78 is 5.15. The Kier molecular flexibility index (Phi) is 6.17.